The second-order valence-electron chi connectivity index (χ2n) is 5.98. The number of halogens is 1. The number of hydrogen-bond donors (Lipinski definition) is 1. The van der Waals surface area contributed by atoms with E-state index in [1.54, 1.807) is 0 Å². The van der Waals surface area contributed by atoms with E-state index < -0.39 is 0 Å². The zero-order chi connectivity index (χ0) is 16.2. The zero-order valence-electron chi connectivity index (χ0n) is 13.3. The molecular formula is C18H21IN2OS. The van der Waals surface area contributed by atoms with Crippen LogP contribution in [0.15, 0.2) is 18.2 Å². The van der Waals surface area contributed by atoms with Crippen LogP contribution in [-0.4, -0.2) is 17.4 Å². The normalized spacial score (nSPS) is 13.7. The number of fused-ring (bicyclic) bond motifs is 1. The average molecular weight is 440 g/mol. The number of nitrogens with one attached hydrogen (secondary N) is 1. The van der Waals surface area contributed by atoms with E-state index in [9.17, 15) is 4.79 Å². The minimum atomic E-state index is 0.0246. The molecule has 5 heteroatoms. The molecule has 1 aromatic carbocycles. The Morgan fingerprint density at radius 3 is 3.00 bits per heavy atom. The molecule has 1 aliphatic carbocycles. The van der Waals surface area contributed by atoms with Crippen LogP contribution in [0.2, 0.25) is 0 Å². The number of aromatic nitrogens is 1. The maximum Gasteiger partial charge on any atom is 0.252 e. The molecule has 1 heterocycles. The van der Waals surface area contributed by atoms with Crippen molar-refractivity contribution in [1.29, 1.82) is 0 Å². The summed E-state index contributed by atoms with van der Waals surface area (Å²) in [4.78, 5) is 18.5. The Kier molecular flexibility index (Phi) is 5.69. The van der Waals surface area contributed by atoms with Crippen molar-refractivity contribution in [3.05, 3.63) is 48.5 Å². The molecule has 0 saturated heterocycles. The van der Waals surface area contributed by atoms with Crippen molar-refractivity contribution in [1.82, 2.24) is 10.3 Å². The quantitative estimate of drug-likeness (QED) is 0.557. The summed E-state index contributed by atoms with van der Waals surface area (Å²) in [6.45, 7) is 2.73. The molecule has 0 saturated carbocycles. The lowest BCUT2D eigenvalue weighted by Gasteiger charge is -2.08. The zero-order valence-corrected chi connectivity index (χ0v) is 16.3. The Bertz CT molecular complexity index is 688. The molecule has 0 bridgehead atoms. The molecule has 2 aromatic rings. The van der Waals surface area contributed by atoms with Gasteiger partial charge in [-0.05, 0) is 73.2 Å². The van der Waals surface area contributed by atoms with Crippen LogP contribution in [0.1, 0.15) is 50.8 Å². The molecule has 0 unspecified atom stereocenters. The summed E-state index contributed by atoms with van der Waals surface area (Å²) < 4.78 is 1.04. The first-order valence-electron chi connectivity index (χ1n) is 8.16. The van der Waals surface area contributed by atoms with E-state index in [1.165, 1.54) is 34.8 Å². The number of benzene rings is 1. The summed E-state index contributed by atoms with van der Waals surface area (Å²) in [5.74, 6) is 0.0246. The van der Waals surface area contributed by atoms with Crippen molar-refractivity contribution in [2.75, 3.05) is 6.54 Å². The van der Waals surface area contributed by atoms with Gasteiger partial charge in [-0.2, -0.15) is 0 Å². The van der Waals surface area contributed by atoms with E-state index in [2.05, 4.69) is 27.9 Å². The van der Waals surface area contributed by atoms with Gasteiger partial charge in [0.1, 0.15) is 0 Å². The number of aryl methyl sites for hydroxylation is 4. The summed E-state index contributed by atoms with van der Waals surface area (Å²) in [6, 6.07) is 5.86. The van der Waals surface area contributed by atoms with Crippen molar-refractivity contribution in [3.8, 4) is 0 Å². The van der Waals surface area contributed by atoms with Crippen LogP contribution in [0.4, 0.5) is 0 Å². The number of rotatable bonds is 5. The first-order chi connectivity index (χ1) is 11.1. The average Bonchev–Trinajstić information content (AvgIpc) is 2.96. The van der Waals surface area contributed by atoms with Crippen LogP contribution in [0.3, 0.4) is 0 Å². The van der Waals surface area contributed by atoms with Gasteiger partial charge in [-0.25, -0.2) is 4.98 Å². The Labute approximate surface area is 155 Å². The maximum absolute atomic E-state index is 12.3. The summed E-state index contributed by atoms with van der Waals surface area (Å²) in [5.41, 5.74) is 3.25. The van der Waals surface area contributed by atoms with Gasteiger partial charge in [0.05, 0.1) is 16.3 Å². The van der Waals surface area contributed by atoms with Crippen LogP contribution in [-0.2, 0) is 19.3 Å². The number of carbonyl (C=O) groups is 1. The topological polar surface area (TPSA) is 42.0 Å². The van der Waals surface area contributed by atoms with Crippen molar-refractivity contribution in [2.24, 2.45) is 0 Å². The molecule has 0 radical (unpaired) electrons. The van der Waals surface area contributed by atoms with Crippen molar-refractivity contribution < 1.29 is 4.79 Å². The van der Waals surface area contributed by atoms with Crippen LogP contribution in [0.5, 0.6) is 0 Å². The van der Waals surface area contributed by atoms with Gasteiger partial charge in [-0.15, -0.1) is 11.3 Å². The summed E-state index contributed by atoms with van der Waals surface area (Å²) in [6.07, 6.45) is 6.84. The fourth-order valence-corrected chi connectivity index (χ4v) is 4.68. The van der Waals surface area contributed by atoms with E-state index >= 15 is 0 Å². The Morgan fingerprint density at radius 2 is 2.17 bits per heavy atom. The summed E-state index contributed by atoms with van der Waals surface area (Å²) >= 11 is 4.11. The number of hydrogen-bond acceptors (Lipinski definition) is 3. The Balaban J connectivity index is 1.49. The lowest BCUT2D eigenvalue weighted by molar-refractivity contribution is 0.0952. The van der Waals surface area contributed by atoms with Gasteiger partial charge < -0.3 is 5.32 Å². The molecule has 1 N–H and O–H groups in total. The minimum absolute atomic E-state index is 0.0246. The number of thiazole rings is 1. The molecule has 122 valence electrons. The third-order valence-corrected chi connectivity index (χ3v) is 6.83. The molecule has 0 spiro atoms. The van der Waals surface area contributed by atoms with Gasteiger partial charge in [0.15, 0.2) is 0 Å². The molecule has 3 rings (SSSR count). The summed E-state index contributed by atoms with van der Waals surface area (Å²) in [5, 5.41) is 4.26. The monoisotopic (exact) mass is 440 g/mol. The molecule has 1 aliphatic rings. The van der Waals surface area contributed by atoms with Gasteiger partial charge in [0.25, 0.3) is 5.91 Å². The molecule has 0 aliphatic heterocycles. The molecule has 0 fully saturated rings. The standard InChI is InChI=1S/C18H21IN2OS/c1-12-6-4-7-13(17(12)19)18(22)20-11-5-10-16-21-14-8-2-3-9-15(14)23-16/h4,6-7H,2-3,5,8-11H2,1H3,(H,20,22). The van der Waals surface area contributed by atoms with Gasteiger partial charge in [-0.3, -0.25) is 4.79 Å². The van der Waals surface area contributed by atoms with Gasteiger partial charge in [0.2, 0.25) is 0 Å². The third-order valence-electron chi connectivity index (χ3n) is 4.18. The fraction of sp³-hybridized carbons (Fsp3) is 0.444. The molecule has 3 nitrogen and oxygen atoms in total. The van der Waals surface area contributed by atoms with E-state index in [4.69, 9.17) is 4.98 Å². The van der Waals surface area contributed by atoms with Gasteiger partial charge >= 0.3 is 0 Å². The smallest absolute Gasteiger partial charge is 0.252 e. The van der Waals surface area contributed by atoms with Crippen LogP contribution in [0, 0.1) is 10.5 Å². The third kappa shape index (κ3) is 4.12. The van der Waals surface area contributed by atoms with Crippen molar-refractivity contribution in [3.63, 3.8) is 0 Å². The lowest BCUT2D eigenvalue weighted by Crippen LogP contribution is -2.25. The van der Waals surface area contributed by atoms with E-state index in [-0.39, 0.29) is 5.91 Å². The molecule has 0 atom stereocenters. The highest BCUT2D eigenvalue weighted by Gasteiger charge is 2.15. The van der Waals surface area contributed by atoms with Gasteiger partial charge in [0, 0.05) is 21.4 Å². The van der Waals surface area contributed by atoms with Crippen molar-refractivity contribution in [2.45, 2.75) is 45.4 Å². The molecule has 1 amide bonds. The number of amides is 1. The maximum atomic E-state index is 12.3. The highest BCUT2D eigenvalue weighted by atomic mass is 127. The SMILES string of the molecule is Cc1cccc(C(=O)NCCCc2nc3c(s2)CCCC3)c1I. The Morgan fingerprint density at radius 1 is 1.35 bits per heavy atom. The molecule has 23 heavy (non-hydrogen) atoms. The van der Waals surface area contributed by atoms with Crippen LogP contribution >= 0.6 is 33.9 Å². The summed E-state index contributed by atoms with van der Waals surface area (Å²) in [7, 11) is 0. The largest absolute Gasteiger partial charge is 0.352 e. The highest BCUT2D eigenvalue weighted by Crippen LogP contribution is 2.27. The molecule has 1 aromatic heterocycles. The van der Waals surface area contributed by atoms with E-state index in [1.807, 2.05) is 36.5 Å². The van der Waals surface area contributed by atoms with Crippen LogP contribution in [0.25, 0.3) is 0 Å². The number of nitrogens with zero attached hydrogens (tertiary/aromatic N) is 1. The number of carbonyl (C=O) groups excluding carboxylic acids is 1. The first-order valence-corrected chi connectivity index (χ1v) is 10.1. The first kappa shape index (κ1) is 16.9. The second kappa shape index (κ2) is 7.75. The predicted octanol–water partition coefficient (Wildman–Crippen LogP) is 4.30. The van der Waals surface area contributed by atoms with E-state index in [0.717, 1.165) is 34.0 Å². The minimum Gasteiger partial charge on any atom is -0.352 e. The second-order valence-corrected chi connectivity index (χ2v) is 8.23. The van der Waals surface area contributed by atoms with Crippen molar-refractivity contribution >= 4 is 39.8 Å². The van der Waals surface area contributed by atoms with E-state index in [0.29, 0.717) is 6.54 Å². The fourth-order valence-electron chi connectivity index (χ4n) is 2.87. The van der Waals surface area contributed by atoms with Crippen LogP contribution < -0.4 is 5.32 Å². The van der Waals surface area contributed by atoms with Gasteiger partial charge in [-0.1, -0.05) is 12.1 Å². The molecular weight excluding hydrogens is 419 g/mol. The Hall–Kier alpha value is -0.950. The highest BCUT2D eigenvalue weighted by molar-refractivity contribution is 14.1. The lowest BCUT2D eigenvalue weighted by atomic mass is 10.0. The predicted molar refractivity (Wildman–Crippen MR) is 103 cm³/mol.